The molecule has 1 amide bonds. The zero-order chi connectivity index (χ0) is 16.4. The maximum absolute atomic E-state index is 12.4. The molecule has 0 spiro atoms. The summed E-state index contributed by atoms with van der Waals surface area (Å²) in [5, 5.41) is 3.57. The molecule has 0 saturated carbocycles. The van der Waals surface area contributed by atoms with Crippen LogP contribution in [-0.2, 0) is 0 Å². The van der Waals surface area contributed by atoms with E-state index in [2.05, 4.69) is 10.3 Å². The van der Waals surface area contributed by atoms with Crippen LogP contribution >= 0.6 is 11.3 Å². The molecule has 3 aromatic rings. The fraction of sp³-hybridized carbons (Fsp3) is 0.176. The first-order chi connectivity index (χ1) is 11.1. The first kappa shape index (κ1) is 15.3. The number of nitrogens with one attached hydrogen (secondary N) is 1. The van der Waals surface area contributed by atoms with Gasteiger partial charge in [-0.15, -0.1) is 11.3 Å². The Morgan fingerprint density at radius 3 is 2.52 bits per heavy atom. The summed E-state index contributed by atoms with van der Waals surface area (Å²) in [5.74, 6) is 2.06. The lowest BCUT2D eigenvalue weighted by molar-refractivity contribution is 0.103. The fourth-order valence-electron chi connectivity index (χ4n) is 2.12. The second-order valence-corrected chi connectivity index (χ2v) is 6.03. The van der Waals surface area contributed by atoms with Crippen molar-refractivity contribution in [3.63, 3.8) is 0 Å². The van der Waals surface area contributed by atoms with Gasteiger partial charge in [0.25, 0.3) is 5.91 Å². The zero-order valence-corrected chi connectivity index (χ0v) is 13.9. The second kappa shape index (κ2) is 6.26. The smallest absolute Gasteiger partial charge is 0.267 e. The van der Waals surface area contributed by atoms with E-state index in [1.165, 1.54) is 11.3 Å². The molecule has 0 unspecified atom stereocenters. The number of carbonyl (C=O) groups is 1. The molecule has 0 aliphatic heterocycles. The van der Waals surface area contributed by atoms with Crippen LogP contribution in [0.3, 0.4) is 0 Å². The van der Waals surface area contributed by atoms with Crippen molar-refractivity contribution < 1.29 is 13.9 Å². The number of aryl methyl sites for hydroxylation is 2. The third-order valence-corrected chi connectivity index (χ3v) is 4.47. The van der Waals surface area contributed by atoms with Crippen molar-refractivity contribution >= 4 is 22.9 Å². The molecule has 3 rings (SSSR count). The van der Waals surface area contributed by atoms with Crippen molar-refractivity contribution in [3.05, 3.63) is 52.7 Å². The molecular formula is C17H16N2O3S. The number of hydrogen-bond acceptors (Lipinski definition) is 5. The average Bonchev–Trinajstić information content (AvgIpc) is 3.14. The highest BCUT2D eigenvalue weighted by atomic mass is 32.1. The summed E-state index contributed by atoms with van der Waals surface area (Å²) in [6.07, 6.45) is 0. The molecule has 1 N–H and O–H groups in total. The van der Waals surface area contributed by atoms with Gasteiger partial charge < -0.3 is 14.5 Å². The Morgan fingerprint density at radius 2 is 1.91 bits per heavy atom. The molecule has 0 fully saturated rings. The zero-order valence-electron chi connectivity index (χ0n) is 13.0. The van der Waals surface area contributed by atoms with Gasteiger partial charge in [0.1, 0.15) is 16.4 Å². The highest BCUT2D eigenvalue weighted by molar-refractivity contribution is 7.17. The van der Waals surface area contributed by atoms with Crippen molar-refractivity contribution in [2.75, 3.05) is 12.4 Å². The molecule has 0 saturated heterocycles. The van der Waals surface area contributed by atoms with Gasteiger partial charge in [-0.2, -0.15) is 0 Å². The molecule has 0 radical (unpaired) electrons. The van der Waals surface area contributed by atoms with Gasteiger partial charge in [-0.1, -0.05) is 0 Å². The van der Waals surface area contributed by atoms with Gasteiger partial charge in [0, 0.05) is 5.69 Å². The molecule has 1 aromatic carbocycles. The summed E-state index contributed by atoms with van der Waals surface area (Å²) in [6, 6.07) is 10.9. The Balaban J connectivity index is 1.80. The van der Waals surface area contributed by atoms with Gasteiger partial charge >= 0.3 is 0 Å². The average molecular weight is 328 g/mol. The molecule has 6 heteroatoms. The molecule has 2 aromatic heterocycles. The summed E-state index contributed by atoms with van der Waals surface area (Å²) in [6.45, 7) is 3.69. The first-order valence-corrected chi connectivity index (χ1v) is 7.88. The predicted molar refractivity (Wildman–Crippen MR) is 90.2 cm³/mol. The normalized spacial score (nSPS) is 10.6. The summed E-state index contributed by atoms with van der Waals surface area (Å²) >= 11 is 1.32. The Morgan fingerprint density at radius 1 is 1.17 bits per heavy atom. The molecule has 5 nitrogen and oxygen atoms in total. The monoisotopic (exact) mass is 328 g/mol. The van der Waals surface area contributed by atoms with E-state index in [1.54, 1.807) is 31.4 Å². The summed E-state index contributed by atoms with van der Waals surface area (Å²) in [7, 11) is 1.60. The van der Waals surface area contributed by atoms with Crippen LogP contribution < -0.4 is 10.1 Å². The predicted octanol–water partition coefficient (Wildman–Crippen LogP) is 4.28. The number of rotatable bonds is 4. The lowest BCUT2D eigenvalue weighted by atomic mass is 10.3. The maximum atomic E-state index is 12.4. The van der Waals surface area contributed by atoms with Crippen molar-refractivity contribution in [3.8, 4) is 16.5 Å². The van der Waals surface area contributed by atoms with E-state index in [0.717, 1.165) is 11.5 Å². The minimum atomic E-state index is -0.181. The van der Waals surface area contributed by atoms with Gasteiger partial charge in [-0.3, -0.25) is 4.79 Å². The molecular weight excluding hydrogens is 312 g/mol. The number of thiazole rings is 1. The highest BCUT2D eigenvalue weighted by Crippen LogP contribution is 2.29. The van der Waals surface area contributed by atoms with Crippen molar-refractivity contribution in [2.45, 2.75) is 13.8 Å². The molecule has 0 atom stereocenters. The number of anilines is 1. The lowest BCUT2D eigenvalue weighted by Gasteiger charge is -2.05. The van der Waals surface area contributed by atoms with Gasteiger partial charge in [0.15, 0.2) is 10.8 Å². The summed E-state index contributed by atoms with van der Waals surface area (Å²) in [5.41, 5.74) is 1.39. The van der Waals surface area contributed by atoms with E-state index in [-0.39, 0.29) is 5.91 Å². The number of furan rings is 1. The van der Waals surface area contributed by atoms with Crippen LogP contribution in [0.1, 0.15) is 21.1 Å². The number of hydrogen-bond donors (Lipinski definition) is 1. The molecule has 0 bridgehead atoms. The molecule has 0 aliphatic carbocycles. The molecule has 23 heavy (non-hydrogen) atoms. The quantitative estimate of drug-likeness (QED) is 0.776. The van der Waals surface area contributed by atoms with Gasteiger partial charge in [0.2, 0.25) is 0 Å². The number of aromatic nitrogens is 1. The number of benzene rings is 1. The highest BCUT2D eigenvalue weighted by Gasteiger charge is 2.18. The van der Waals surface area contributed by atoms with E-state index in [0.29, 0.717) is 27.0 Å². The first-order valence-electron chi connectivity index (χ1n) is 7.06. The SMILES string of the molecule is COc1ccc(NC(=O)c2sc(-c3ccc(C)o3)nc2C)cc1. The van der Waals surface area contributed by atoms with Gasteiger partial charge in [0.05, 0.1) is 12.8 Å². The van der Waals surface area contributed by atoms with E-state index >= 15 is 0 Å². The number of ether oxygens (including phenoxy) is 1. The third kappa shape index (κ3) is 3.27. The largest absolute Gasteiger partial charge is 0.497 e. The van der Waals surface area contributed by atoms with Crippen LogP contribution in [0.25, 0.3) is 10.8 Å². The van der Waals surface area contributed by atoms with Crippen molar-refractivity contribution in [2.24, 2.45) is 0 Å². The Kier molecular flexibility index (Phi) is 4.16. The minimum absolute atomic E-state index is 0.181. The van der Waals surface area contributed by atoms with E-state index in [9.17, 15) is 4.79 Å². The van der Waals surface area contributed by atoms with E-state index < -0.39 is 0 Å². The van der Waals surface area contributed by atoms with Crippen LogP contribution in [-0.4, -0.2) is 18.0 Å². The lowest BCUT2D eigenvalue weighted by Crippen LogP contribution is -2.11. The molecule has 0 aliphatic rings. The summed E-state index contributed by atoms with van der Waals surface area (Å²) in [4.78, 5) is 17.4. The second-order valence-electron chi connectivity index (χ2n) is 5.03. The van der Waals surface area contributed by atoms with Crippen LogP contribution in [0.2, 0.25) is 0 Å². The number of nitrogens with zero attached hydrogens (tertiary/aromatic N) is 1. The maximum Gasteiger partial charge on any atom is 0.267 e. The van der Waals surface area contributed by atoms with Crippen LogP contribution in [0.4, 0.5) is 5.69 Å². The van der Waals surface area contributed by atoms with Crippen LogP contribution in [0, 0.1) is 13.8 Å². The van der Waals surface area contributed by atoms with Gasteiger partial charge in [-0.25, -0.2) is 4.98 Å². The molecule has 2 heterocycles. The summed E-state index contributed by atoms with van der Waals surface area (Å²) < 4.78 is 10.7. The van der Waals surface area contributed by atoms with E-state index in [4.69, 9.17) is 9.15 Å². The van der Waals surface area contributed by atoms with Crippen molar-refractivity contribution in [1.82, 2.24) is 4.98 Å². The van der Waals surface area contributed by atoms with Crippen molar-refractivity contribution in [1.29, 1.82) is 0 Å². The number of amides is 1. The number of carbonyl (C=O) groups excluding carboxylic acids is 1. The standard InChI is InChI=1S/C17H16N2O3S/c1-10-4-9-14(22-10)17-18-11(2)15(23-17)16(20)19-12-5-7-13(21-3)8-6-12/h4-9H,1-3H3,(H,19,20). The Bertz CT molecular complexity index is 834. The Labute approximate surface area is 137 Å². The fourth-order valence-corrected chi connectivity index (χ4v) is 3.05. The van der Waals surface area contributed by atoms with Crippen LogP contribution in [0.15, 0.2) is 40.8 Å². The van der Waals surface area contributed by atoms with E-state index in [1.807, 2.05) is 26.0 Å². The third-order valence-electron chi connectivity index (χ3n) is 3.30. The van der Waals surface area contributed by atoms with Gasteiger partial charge in [-0.05, 0) is 50.2 Å². The minimum Gasteiger partial charge on any atom is -0.497 e. The number of methoxy groups -OCH3 is 1. The topological polar surface area (TPSA) is 64.4 Å². The Hall–Kier alpha value is -2.60. The van der Waals surface area contributed by atoms with Crippen LogP contribution in [0.5, 0.6) is 5.75 Å². The molecule has 118 valence electrons.